The van der Waals surface area contributed by atoms with Crippen molar-refractivity contribution >= 4 is 11.7 Å². The van der Waals surface area contributed by atoms with Gasteiger partial charge in [0, 0.05) is 11.7 Å². The Morgan fingerprint density at radius 3 is 2.80 bits per heavy atom. The number of amides is 2. The van der Waals surface area contributed by atoms with E-state index < -0.39 is 0 Å². The molecule has 0 saturated heterocycles. The number of nitrogens with one attached hydrogen (secondary N) is 2. The smallest absolute Gasteiger partial charge is 0.319 e. The molecule has 2 rings (SSSR count). The van der Waals surface area contributed by atoms with E-state index in [1.807, 2.05) is 12.1 Å². The van der Waals surface area contributed by atoms with Gasteiger partial charge in [-0.05, 0) is 42.9 Å². The predicted molar refractivity (Wildman–Crippen MR) is 84.2 cm³/mol. The van der Waals surface area contributed by atoms with E-state index in [0.717, 1.165) is 18.5 Å². The lowest BCUT2D eigenvalue weighted by Gasteiger charge is -2.15. The molecule has 0 aromatic heterocycles. The second kappa shape index (κ2) is 7.32. The Kier molecular flexibility index (Phi) is 5.45. The number of benzene rings is 1. The van der Waals surface area contributed by atoms with E-state index in [2.05, 4.69) is 36.6 Å². The summed E-state index contributed by atoms with van der Waals surface area (Å²) >= 11 is 0. The van der Waals surface area contributed by atoms with Crippen LogP contribution in [0.15, 0.2) is 24.3 Å². The molecule has 0 bridgehead atoms. The van der Waals surface area contributed by atoms with Crippen LogP contribution in [0.3, 0.4) is 0 Å². The van der Waals surface area contributed by atoms with E-state index >= 15 is 0 Å². The average molecular weight is 274 g/mol. The van der Waals surface area contributed by atoms with Crippen LogP contribution in [0.5, 0.6) is 0 Å². The van der Waals surface area contributed by atoms with Crippen LogP contribution in [0.1, 0.15) is 63.9 Å². The lowest BCUT2D eigenvalue weighted by molar-refractivity contribution is 0.248. The van der Waals surface area contributed by atoms with Crippen molar-refractivity contribution in [3.63, 3.8) is 0 Å². The van der Waals surface area contributed by atoms with Crippen molar-refractivity contribution < 1.29 is 4.79 Å². The number of carbonyl (C=O) groups excluding carboxylic acids is 1. The summed E-state index contributed by atoms with van der Waals surface area (Å²) in [6.45, 7) is 4.44. The van der Waals surface area contributed by atoms with Crippen LogP contribution >= 0.6 is 0 Å². The van der Waals surface area contributed by atoms with Crippen molar-refractivity contribution in [2.45, 2.75) is 64.3 Å². The molecule has 2 amide bonds. The van der Waals surface area contributed by atoms with Crippen molar-refractivity contribution in [1.29, 1.82) is 0 Å². The Bertz CT molecular complexity index is 438. The normalized spacial score (nSPS) is 16.9. The van der Waals surface area contributed by atoms with Gasteiger partial charge in [0.15, 0.2) is 0 Å². The van der Waals surface area contributed by atoms with E-state index in [0.29, 0.717) is 12.0 Å². The van der Waals surface area contributed by atoms with Gasteiger partial charge in [-0.3, -0.25) is 0 Å². The van der Waals surface area contributed by atoms with Crippen LogP contribution in [-0.2, 0) is 0 Å². The highest BCUT2D eigenvalue weighted by molar-refractivity contribution is 5.89. The first-order chi connectivity index (χ1) is 9.69. The quantitative estimate of drug-likeness (QED) is 0.806. The summed E-state index contributed by atoms with van der Waals surface area (Å²) in [5, 5.41) is 6.01. The molecule has 110 valence electrons. The summed E-state index contributed by atoms with van der Waals surface area (Å²) in [5.41, 5.74) is 2.19. The van der Waals surface area contributed by atoms with E-state index in [9.17, 15) is 4.79 Å². The van der Waals surface area contributed by atoms with Gasteiger partial charge in [0.05, 0.1) is 0 Å². The second-order valence-electron chi connectivity index (χ2n) is 5.90. The molecule has 3 heteroatoms. The van der Waals surface area contributed by atoms with Crippen LogP contribution in [-0.4, -0.2) is 12.1 Å². The SMILES string of the molecule is CCCC(C)c1cccc(NC(=O)NC2CCCC2)c1. The molecule has 20 heavy (non-hydrogen) atoms. The van der Waals surface area contributed by atoms with Crippen LogP contribution in [0.2, 0.25) is 0 Å². The van der Waals surface area contributed by atoms with Crippen LogP contribution in [0.4, 0.5) is 10.5 Å². The molecule has 1 aliphatic rings. The maximum absolute atomic E-state index is 12.0. The monoisotopic (exact) mass is 274 g/mol. The number of hydrogen-bond acceptors (Lipinski definition) is 1. The van der Waals surface area contributed by atoms with E-state index in [-0.39, 0.29) is 6.03 Å². The molecule has 0 aliphatic heterocycles. The highest BCUT2D eigenvalue weighted by atomic mass is 16.2. The summed E-state index contributed by atoms with van der Waals surface area (Å²) in [6, 6.07) is 8.49. The maximum atomic E-state index is 12.0. The zero-order valence-electron chi connectivity index (χ0n) is 12.6. The molecule has 1 fully saturated rings. The largest absolute Gasteiger partial charge is 0.335 e. The molecule has 1 unspecified atom stereocenters. The molecule has 1 atom stereocenters. The Morgan fingerprint density at radius 2 is 2.10 bits per heavy atom. The van der Waals surface area contributed by atoms with Crippen LogP contribution in [0.25, 0.3) is 0 Å². The van der Waals surface area contributed by atoms with Crippen molar-refractivity contribution in [3.8, 4) is 0 Å². The summed E-state index contributed by atoms with van der Waals surface area (Å²) in [4.78, 5) is 12.0. The van der Waals surface area contributed by atoms with Crippen LogP contribution in [0, 0.1) is 0 Å². The molecule has 0 spiro atoms. The molecule has 0 radical (unpaired) electrons. The molecule has 2 N–H and O–H groups in total. The molecule has 1 saturated carbocycles. The molecular formula is C17H26N2O. The third-order valence-corrected chi connectivity index (χ3v) is 4.13. The molecule has 0 heterocycles. The van der Waals surface area contributed by atoms with E-state index in [1.54, 1.807) is 0 Å². The molecular weight excluding hydrogens is 248 g/mol. The zero-order chi connectivity index (χ0) is 14.4. The Balaban J connectivity index is 1.91. The van der Waals surface area contributed by atoms with Gasteiger partial charge in [0.1, 0.15) is 0 Å². The fraction of sp³-hybridized carbons (Fsp3) is 0.588. The number of hydrogen-bond donors (Lipinski definition) is 2. The van der Waals surface area contributed by atoms with Gasteiger partial charge in [-0.25, -0.2) is 4.79 Å². The van der Waals surface area contributed by atoms with Crippen molar-refractivity contribution in [1.82, 2.24) is 5.32 Å². The third-order valence-electron chi connectivity index (χ3n) is 4.13. The number of carbonyl (C=O) groups is 1. The van der Waals surface area contributed by atoms with E-state index in [4.69, 9.17) is 0 Å². The Hall–Kier alpha value is -1.51. The van der Waals surface area contributed by atoms with Crippen LogP contribution < -0.4 is 10.6 Å². The number of urea groups is 1. The number of anilines is 1. The summed E-state index contributed by atoms with van der Waals surface area (Å²) in [5.74, 6) is 0.541. The van der Waals surface area contributed by atoms with E-state index in [1.165, 1.54) is 31.2 Å². The predicted octanol–water partition coefficient (Wildman–Crippen LogP) is 4.65. The Labute approximate surface area is 122 Å². The van der Waals surface area contributed by atoms with Crippen molar-refractivity contribution in [2.24, 2.45) is 0 Å². The van der Waals surface area contributed by atoms with Gasteiger partial charge in [-0.15, -0.1) is 0 Å². The first-order valence-corrected chi connectivity index (χ1v) is 7.86. The second-order valence-corrected chi connectivity index (χ2v) is 5.90. The summed E-state index contributed by atoms with van der Waals surface area (Å²) in [6.07, 6.45) is 7.05. The first-order valence-electron chi connectivity index (χ1n) is 7.86. The minimum atomic E-state index is -0.0720. The Morgan fingerprint density at radius 1 is 1.35 bits per heavy atom. The van der Waals surface area contributed by atoms with Gasteiger partial charge in [0.2, 0.25) is 0 Å². The van der Waals surface area contributed by atoms with Crippen molar-refractivity contribution in [2.75, 3.05) is 5.32 Å². The standard InChI is InChI=1S/C17H26N2O/c1-3-7-13(2)14-8-6-11-16(12-14)19-17(20)18-15-9-4-5-10-15/h6,8,11-13,15H,3-5,7,9-10H2,1-2H3,(H2,18,19,20). The summed E-state index contributed by atoms with van der Waals surface area (Å²) < 4.78 is 0. The highest BCUT2D eigenvalue weighted by Gasteiger charge is 2.17. The van der Waals surface area contributed by atoms with Gasteiger partial charge < -0.3 is 10.6 Å². The third kappa shape index (κ3) is 4.26. The minimum Gasteiger partial charge on any atom is -0.335 e. The lowest BCUT2D eigenvalue weighted by atomic mass is 9.96. The van der Waals surface area contributed by atoms with Crippen molar-refractivity contribution in [3.05, 3.63) is 29.8 Å². The van der Waals surface area contributed by atoms with Gasteiger partial charge in [0.25, 0.3) is 0 Å². The minimum absolute atomic E-state index is 0.0720. The molecule has 1 aliphatic carbocycles. The van der Waals surface area contributed by atoms with Gasteiger partial charge >= 0.3 is 6.03 Å². The van der Waals surface area contributed by atoms with Gasteiger partial charge in [-0.2, -0.15) is 0 Å². The summed E-state index contributed by atoms with van der Waals surface area (Å²) in [7, 11) is 0. The average Bonchev–Trinajstić information content (AvgIpc) is 2.92. The lowest BCUT2D eigenvalue weighted by Crippen LogP contribution is -2.36. The topological polar surface area (TPSA) is 41.1 Å². The molecule has 3 nitrogen and oxygen atoms in total. The first kappa shape index (κ1) is 14.9. The zero-order valence-corrected chi connectivity index (χ0v) is 12.6. The molecule has 1 aromatic rings. The van der Waals surface area contributed by atoms with Gasteiger partial charge in [-0.1, -0.05) is 45.2 Å². The fourth-order valence-electron chi connectivity index (χ4n) is 2.95. The maximum Gasteiger partial charge on any atom is 0.319 e. The molecule has 1 aromatic carbocycles. The fourth-order valence-corrected chi connectivity index (χ4v) is 2.95. The number of rotatable bonds is 5. The highest BCUT2D eigenvalue weighted by Crippen LogP contribution is 2.23.